The van der Waals surface area contributed by atoms with Crippen molar-refractivity contribution in [2.75, 3.05) is 12.3 Å². The summed E-state index contributed by atoms with van der Waals surface area (Å²) in [6.07, 6.45) is -4.77. The highest BCUT2D eigenvalue weighted by molar-refractivity contribution is 9.10. The van der Waals surface area contributed by atoms with E-state index in [1.54, 1.807) is 0 Å². The molecular weight excluding hydrogens is 380 g/mol. The SMILES string of the molecule is Nc1c(F)c(S(=O)(=O)NCC(F)(F)F)cc(Cl)c1Br. The Bertz CT molecular complexity index is 606. The summed E-state index contributed by atoms with van der Waals surface area (Å²) in [6.45, 7) is -1.83. The van der Waals surface area contributed by atoms with Crippen molar-refractivity contribution in [3.05, 3.63) is 21.4 Å². The van der Waals surface area contributed by atoms with Gasteiger partial charge in [-0.2, -0.15) is 13.2 Å². The Morgan fingerprint density at radius 2 is 1.95 bits per heavy atom. The van der Waals surface area contributed by atoms with Crippen LogP contribution in [-0.2, 0) is 10.0 Å². The summed E-state index contributed by atoms with van der Waals surface area (Å²) in [6, 6.07) is 0.663. The first-order valence-corrected chi connectivity index (χ1v) is 7.10. The summed E-state index contributed by atoms with van der Waals surface area (Å²) in [5.41, 5.74) is 4.63. The van der Waals surface area contributed by atoms with Crippen molar-refractivity contribution in [2.45, 2.75) is 11.1 Å². The summed E-state index contributed by atoms with van der Waals surface area (Å²) in [4.78, 5) is -1.05. The van der Waals surface area contributed by atoms with Gasteiger partial charge < -0.3 is 5.73 Å². The van der Waals surface area contributed by atoms with Crippen molar-refractivity contribution < 1.29 is 26.0 Å². The molecule has 0 amide bonds. The number of rotatable bonds is 3. The Balaban J connectivity index is 3.23. The molecule has 11 heteroatoms. The number of halogens is 6. The highest BCUT2D eigenvalue weighted by Crippen LogP contribution is 2.34. The van der Waals surface area contributed by atoms with Crippen molar-refractivity contribution in [2.24, 2.45) is 0 Å². The standard InChI is InChI=1S/C8H6BrClF4N2O2S/c9-5-3(10)1-4(6(11)7(5)15)19(17,18)16-2-8(12,13)14/h1,16H,2,15H2. The van der Waals surface area contributed by atoms with Gasteiger partial charge >= 0.3 is 6.18 Å². The van der Waals surface area contributed by atoms with E-state index in [1.165, 1.54) is 4.72 Å². The first-order valence-electron chi connectivity index (χ1n) is 4.45. The molecule has 0 radical (unpaired) electrons. The lowest BCUT2D eigenvalue weighted by Gasteiger charge is -2.12. The molecule has 0 spiro atoms. The number of nitrogens with one attached hydrogen (secondary N) is 1. The van der Waals surface area contributed by atoms with Crippen LogP contribution in [0.2, 0.25) is 5.02 Å². The second-order valence-corrected chi connectivity index (χ2v) is 6.27. The molecule has 1 rings (SSSR count). The highest BCUT2D eigenvalue weighted by atomic mass is 79.9. The van der Waals surface area contributed by atoms with Gasteiger partial charge in [0.15, 0.2) is 5.82 Å². The molecule has 1 aromatic rings. The summed E-state index contributed by atoms with van der Waals surface area (Å²) in [5.74, 6) is -1.38. The van der Waals surface area contributed by atoms with Crippen LogP contribution in [0.1, 0.15) is 0 Å². The predicted octanol–water partition coefficient (Wildman–Crippen LogP) is 2.66. The van der Waals surface area contributed by atoms with Crippen molar-refractivity contribution in [1.82, 2.24) is 4.72 Å². The monoisotopic (exact) mass is 384 g/mol. The van der Waals surface area contributed by atoms with E-state index in [2.05, 4.69) is 15.9 Å². The summed E-state index contributed by atoms with van der Waals surface area (Å²) in [5, 5.41) is -0.244. The van der Waals surface area contributed by atoms with E-state index in [4.69, 9.17) is 17.3 Å². The lowest BCUT2D eigenvalue weighted by Crippen LogP contribution is -2.34. The van der Waals surface area contributed by atoms with Crippen LogP contribution in [0.25, 0.3) is 0 Å². The van der Waals surface area contributed by atoms with Gasteiger partial charge in [0, 0.05) is 0 Å². The molecule has 0 saturated carbocycles. The largest absolute Gasteiger partial charge is 0.402 e. The van der Waals surface area contributed by atoms with E-state index in [9.17, 15) is 26.0 Å². The molecule has 0 aliphatic heterocycles. The maximum Gasteiger partial charge on any atom is 0.402 e. The van der Waals surface area contributed by atoms with Gasteiger partial charge in [0.1, 0.15) is 11.4 Å². The molecule has 3 N–H and O–H groups in total. The van der Waals surface area contributed by atoms with Crippen LogP contribution in [-0.4, -0.2) is 21.1 Å². The van der Waals surface area contributed by atoms with Gasteiger partial charge in [-0.25, -0.2) is 17.5 Å². The van der Waals surface area contributed by atoms with Crippen molar-refractivity contribution >= 4 is 43.2 Å². The minimum absolute atomic E-state index is 0.0820. The molecule has 4 nitrogen and oxygen atoms in total. The number of benzene rings is 1. The zero-order valence-electron chi connectivity index (χ0n) is 8.85. The van der Waals surface area contributed by atoms with Crippen LogP contribution in [0, 0.1) is 5.82 Å². The zero-order chi connectivity index (χ0) is 15.0. The van der Waals surface area contributed by atoms with Crippen molar-refractivity contribution in [3.63, 3.8) is 0 Å². The van der Waals surface area contributed by atoms with Gasteiger partial charge in [0.05, 0.1) is 15.2 Å². The minimum Gasteiger partial charge on any atom is -0.395 e. The molecule has 0 atom stereocenters. The lowest BCUT2D eigenvalue weighted by atomic mass is 10.3. The fourth-order valence-electron chi connectivity index (χ4n) is 1.05. The molecule has 0 aliphatic carbocycles. The number of nitrogens with two attached hydrogens (primary N) is 1. The number of hydrogen-bond donors (Lipinski definition) is 2. The third-order valence-electron chi connectivity index (χ3n) is 1.91. The lowest BCUT2D eigenvalue weighted by molar-refractivity contribution is -0.121. The van der Waals surface area contributed by atoms with E-state index in [0.717, 1.165) is 0 Å². The molecule has 0 unspecified atom stereocenters. The average molecular weight is 386 g/mol. The number of alkyl halides is 3. The second kappa shape index (κ2) is 5.43. The number of hydrogen-bond acceptors (Lipinski definition) is 3. The quantitative estimate of drug-likeness (QED) is 0.477. The Morgan fingerprint density at radius 3 is 2.42 bits per heavy atom. The van der Waals surface area contributed by atoms with E-state index in [-0.39, 0.29) is 9.50 Å². The molecule has 0 heterocycles. The Hall–Kier alpha value is -0.580. The topological polar surface area (TPSA) is 72.2 Å². The van der Waals surface area contributed by atoms with Gasteiger partial charge in [0.25, 0.3) is 0 Å². The predicted molar refractivity (Wildman–Crippen MR) is 64.8 cm³/mol. The number of nitrogen functional groups attached to an aromatic ring is 1. The highest BCUT2D eigenvalue weighted by Gasteiger charge is 2.32. The smallest absolute Gasteiger partial charge is 0.395 e. The minimum atomic E-state index is -4.77. The molecule has 1 aromatic carbocycles. The van der Waals surface area contributed by atoms with E-state index in [1.807, 2.05) is 0 Å². The average Bonchev–Trinajstić information content (AvgIpc) is 2.27. The van der Waals surface area contributed by atoms with Crippen molar-refractivity contribution in [1.29, 1.82) is 0 Å². The van der Waals surface area contributed by atoms with Crippen LogP contribution in [0.5, 0.6) is 0 Å². The van der Waals surface area contributed by atoms with Crippen LogP contribution >= 0.6 is 27.5 Å². The fourth-order valence-corrected chi connectivity index (χ4v) is 2.74. The Morgan fingerprint density at radius 1 is 1.42 bits per heavy atom. The van der Waals surface area contributed by atoms with Gasteiger partial charge in [-0.1, -0.05) is 11.6 Å². The maximum atomic E-state index is 13.6. The van der Waals surface area contributed by atoms with E-state index >= 15 is 0 Å². The summed E-state index contributed by atoms with van der Waals surface area (Å²) < 4.78 is 73.7. The normalized spacial score (nSPS) is 12.7. The molecule has 108 valence electrons. The van der Waals surface area contributed by atoms with Crippen molar-refractivity contribution in [3.8, 4) is 0 Å². The third kappa shape index (κ3) is 3.94. The van der Waals surface area contributed by atoms with Gasteiger partial charge in [-0.3, -0.25) is 0 Å². The van der Waals surface area contributed by atoms with E-state index in [0.29, 0.717) is 6.07 Å². The second-order valence-electron chi connectivity index (χ2n) is 3.34. The van der Waals surface area contributed by atoms with Crippen LogP contribution in [0.3, 0.4) is 0 Å². The molecule has 0 bridgehead atoms. The molecule has 0 saturated heterocycles. The van der Waals surface area contributed by atoms with E-state index < -0.39 is 39.1 Å². The van der Waals surface area contributed by atoms with Gasteiger partial charge in [-0.05, 0) is 22.0 Å². The van der Waals surface area contributed by atoms with Crippen LogP contribution in [0.4, 0.5) is 23.2 Å². The van der Waals surface area contributed by atoms with Gasteiger partial charge in [0.2, 0.25) is 10.0 Å². The molecule has 0 aromatic heterocycles. The Kier molecular flexibility index (Phi) is 4.71. The maximum absolute atomic E-state index is 13.6. The van der Waals surface area contributed by atoms with Crippen LogP contribution in [0.15, 0.2) is 15.4 Å². The third-order valence-corrected chi connectivity index (χ3v) is 4.69. The van der Waals surface area contributed by atoms with Gasteiger partial charge in [-0.15, -0.1) is 0 Å². The molecule has 0 fully saturated rings. The Labute approximate surface area is 119 Å². The first kappa shape index (κ1) is 16.5. The molecule has 0 aliphatic rings. The first-order chi connectivity index (χ1) is 8.46. The zero-order valence-corrected chi connectivity index (χ0v) is 12.0. The summed E-state index contributed by atoms with van der Waals surface area (Å²) in [7, 11) is -4.72. The number of sulfonamides is 1. The molecular formula is C8H6BrClF4N2O2S. The molecule has 19 heavy (non-hydrogen) atoms. The fraction of sp³-hybridized carbons (Fsp3) is 0.250. The van der Waals surface area contributed by atoms with Crippen LogP contribution < -0.4 is 10.5 Å². The number of anilines is 1. The summed E-state index contributed by atoms with van der Waals surface area (Å²) >= 11 is 8.39.